The van der Waals surface area contributed by atoms with E-state index in [4.69, 9.17) is 10.5 Å². The molecule has 2 heterocycles. The zero-order valence-corrected chi connectivity index (χ0v) is 9.62. The summed E-state index contributed by atoms with van der Waals surface area (Å²) in [5, 5.41) is -0.177. The molecule has 0 aliphatic carbocycles. The molecule has 19 heavy (non-hydrogen) atoms. The maximum absolute atomic E-state index is 13.0. The highest BCUT2D eigenvalue weighted by atomic mass is 19.4. The van der Waals surface area contributed by atoms with Crippen molar-refractivity contribution >= 4 is 16.6 Å². The number of nitrogens with two attached hydrogens (primary N) is 1. The molecule has 1 aliphatic heterocycles. The van der Waals surface area contributed by atoms with Crippen molar-refractivity contribution < 1.29 is 17.9 Å². The van der Waals surface area contributed by atoms with Crippen molar-refractivity contribution in [3.63, 3.8) is 0 Å². The number of hydrogen-bond donors (Lipinski definition) is 1. The molecule has 0 saturated heterocycles. The van der Waals surface area contributed by atoms with Gasteiger partial charge in [0.05, 0.1) is 17.6 Å². The second-order valence-electron chi connectivity index (χ2n) is 4.27. The topological polar surface area (TPSA) is 57.2 Å². The molecule has 0 unspecified atom stereocenters. The number of benzene rings is 1. The number of alkyl halides is 3. The fourth-order valence-electron chi connectivity index (χ4n) is 2.33. The average molecular weight is 270 g/mol. The van der Waals surface area contributed by atoms with Crippen molar-refractivity contribution in [2.75, 3.05) is 12.3 Å². The van der Waals surface area contributed by atoms with Crippen LogP contribution in [0.4, 0.5) is 18.9 Å². The van der Waals surface area contributed by atoms with Crippen LogP contribution in [0.15, 0.2) is 23.0 Å². The zero-order valence-electron chi connectivity index (χ0n) is 9.62. The molecule has 0 atom stereocenters. The molecule has 1 aromatic heterocycles. The second kappa shape index (κ2) is 3.66. The van der Waals surface area contributed by atoms with Crippen LogP contribution in [-0.2, 0) is 12.7 Å². The minimum absolute atomic E-state index is 0.0228. The number of rotatable bonds is 0. The summed E-state index contributed by atoms with van der Waals surface area (Å²) in [6.07, 6.45) is -4.64. The van der Waals surface area contributed by atoms with E-state index in [0.717, 1.165) is 0 Å². The molecular formula is C12H9F3N2O2. The lowest BCUT2D eigenvalue weighted by molar-refractivity contribution is -0.136. The maximum Gasteiger partial charge on any atom is 0.417 e. The standard InChI is InChI=1S/C12H9F3N2O2/c13-12(14,15)6-5-9(18)17-3-4-19-8-2-1-7(16)10(6)11(8)17/h1-2,5H,3-4,16H2. The quantitative estimate of drug-likeness (QED) is 0.745. The lowest BCUT2D eigenvalue weighted by Crippen LogP contribution is -2.29. The van der Waals surface area contributed by atoms with Gasteiger partial charge >= 0.3 is 6.18 Å². The minimum Gasteiger partial charge on any atom is -0.490 e. The Balaban J connectivity index is 2.56. The number of aromatic nitrogens is 1. The summed E-state index contributed by atoms with van der Waals surface area (Å²) < 4.78 is 45.6. The molecule has 0 amide bonds. The first-order valence-electron chi connectivity index (χ1n) is 5.55. The SMILES string of the molecule is Nc1ccc2c3c1c(C(F)(F)F)cc(=O)n3CCO2. The van der Waals surface area contributed by atoms with Crippen molar-refractivity contribution in [1.82, 2.24) is 4.57 Å². The van der Waals surface area contributed by atoms with E-state index in [1.54, 1.807) is 0 Å². The lowest BCUT2D eigenvalue weighted by atomic mass is 10.0. The fraction of sp³-hybridized carbons (Fsp3) is 0.250. The Hall–Kier alpha value is -2.18. The molecule has 100 valence electrons. The number of anilines is 1. The highest BCUT2D eigenvalue weighted by Crippen LogP contribution is 2.40. The van der Waals surface area contributed by atoms with E-state index in [-0.39, 0.29) is 35.5 Å². The number of nitrogens with zero attached hydrogens (tertiary/aromatic N) is 1. The Bertz CT molecular complexity index is 734. The molecule has 0 bridgehead atoms. The molecule has 0 radical (unpaired) electrons. The van der Waals surface area contributed by atoms with E-state index in [9.17, 15) is 18.0 Å². The number of halogens is 3. The van der Waals surface area contributed by atoms with Crippen LogP contribution >= 0.6 is 0 Å². The van der Waals surface area contributed by atoms with Gasteiger partial charge in [-0.1, -0.05) is 0 Å². The van der Waals surface area contributed by atoms with Crippen LogP contribution in [0.25, 0.3) is 10.9 Å². The summed E-state index contributed by atoms with van der Waals surface area (Å²) in [4.78, 5) is 11.8. The van der Waals surface area contributed by atoms with E-state index in [1.165, 1.54) is 16.7 Å². The summed E-state index contributed by atoms with van der Waals surface area (Å²) >= 11 is 0. The van der Waals surface area contributed by atoms with Gasteiger partial charge in [-0.25, -0.2) is 0 Å². The van der Waals surface area contributed by atoms with E-state index in [0.29, 0.717) is 6.07 Å². The Labute approximate surface area is 105 Å². The zero-order chi connectivity index (χ0) is 13.8. The van der Waals surface area contributed by atoms with Gasteiger partial charge in [0, 0.05) is 17.1 Å². The van der Waals surface area contributed by atoms with Crippen LogP contribution in [0.3, 0.4) is 0 Å². The van der Waals surface area contributed by atoms with Crippen LogP contribution in [-0.4, -0.2) is 11.2 Å². The summed E-state index contributed by atoms with van der Waals surface area (Å²) in [5.74, 6) is 0.249. The highest BCUT2D eigenvalue weighted by Gasteiger charge is 2.35. The summed E-state index contributed by atoms with van der Waals surface area (Å²) in [7, 11) is 0. The Morgan fingerprint density at radius 1 is 1.32 bits per heavy atom. The van der Waals surface area contributed by atoms with Crippen molar-refractivity contribution in [2.45, 2.75) is 12.7 Å². The monoisotopic (exact) mass is 270 g/mol. The highest BCUT2D eigenvalue weighted by molar-refractivity contribution is 5.97. The third-order valence-corrected chi connectivity index (χ3v) is 3.12. The first kappa shape index (κ1) is 11.9. The molecule has 0 spiro atoms. The summed E-state index contributed by atoms with van der Waals surface area (Å²) in [5.41, 5.74) is 4.02. The molecule has 7 heteroatoms. The molecule has 2 aromatic rings. The van der Waals surface area contributed by atoms with Crippen molar-refractivity contribution in [2.24, 2.45) is 0 Å². The molecule has 1 aromatic carbocycles. The minimum atomic E-state index is -4.64. The summed E-state index contributed by atoms with van der Waals surface area (Å²) in [6, 6.07) is 3.42. The lowest BCUT2D eigenvalue weighted by Gasteiger charge is -2.23. The smallest absolute Gasteiger partial charge is 0.417 e. The van der Waals surface area contributed by atoms with Crippen LogP contribution in [0.5, 0.6) is 5.75 Å². The van der Waals surface area contributed by atoms with Crippen LogP contribution < -0.4 is 16.0 Å². The molecule has 1 aliphatic rings. The van der Waals surface area contributed by atoms with Gasteiger partial charge in [0.25, 0.3) is 5.56 Å². The van der Waals surface area contributed by atoms with Crippen LogP contribution in [0, 0.1) is 0 Å². The predicted molar refractivity (Wildman–Crippen MR) is 63.1 cm³/mol. The van der Waals surface area contributed by atoms with Gasteiger partial charge in [-0.2, -0.15) is 13.2 Å². The average Bonchev–Trinajstić information content (AvgIpc) is 2.34. The van der Waals surface area contributed by atoms with E-state index < -0.39 is 17.3 Å². The Morgan fingerprint density at radius 3 is 2.74 bits per heavy atom. The van der Waals surface area contributed by atoms with Crippen molar-refractivity contribution in [3.8, 4) is 5.75 Å². The largest absolute Gasteiger partial charge is 0.490 e. The normalized spacial score (nSPS) is 14.5. The number of hydrogen-bond acceptors (Lipinski definition) is 3. The van der Waals surface area contributed by atoms with Crippen LogP contribution in [0.1, 0.15) is 5.56 Å². The van der Waals surface area contributed by atoms with Gasteiger partial charge in [0.2, 0.25) is 0 Å². The van der Waals surface area contributed by atoms with E-state index in [2.05, 4.69) is 0 Å². The van der Waals surface area contributed by atoms with Crippen LogP contribution in [0.2, 0.25) is 0 Å². The van der Waals surface area contributed by atoms with Gasteiger partial charge in [-0.3, -0.25) is 4.79 Å². The second-order valence-corrected chi connectivity index (χ2v) is 4.27. The molecule has 4 nitrogen and oxygen atoms in total. The molecule has 2 N–H and O–H groups in total. The van der Waals surface area contributed by atoms with E-state index >= 15 is 0 Å². The number of ether oxygens (including phenoxy) is 1. The molecule has 0 fully saturated rings. The van der Waals surface area contributed by atoms with Gasteiger partial charge in [0.15, 0.2) is 0 Å². The third kappa shape index (κ3) is 1.65. The maximum atomic E-state index is 13.0. The van der Waals surface area contributed by atoms with Crippen molar-refractivity contribution in [3.05, 3.63) is 34.1 Å². The third-order valence-electron chi connectivity index (χ3n) is 3.12. The molecule has 0 saturated carbocycles. The number of pyridine rings is 1. The van der Waals surface area contributed by atoms with E-state index in [1.807, 2.05) is 0 Å². The molecule has 3 rings (SSSR count). The molecular weight excluding hydrogens is 261 g/mol. The Kier molecular flexibility index (Phi) is 2.29. The van der Waals surface area contributed by atoms with Gasteiger partial charge in [0.1, 0.15) is 12.4 Å². The first-order valence-corrected chi connectivity index (χ1v) is 5.55. The van der Waals surface area contributed by atoms with Gasteiger partial charge < -0.3 is 15.0 Å². The summed E-state index contributed by atoms with van der Waals surface area (Å²) in [6.45, 7) is 0.460. The number of nitrogen functional groups attached to an aromatic ring is 1. The Morgan fingerprint density at radius 2 is 2.05 bits per heavy atom. The van der Waals surface area contributed by atoms with Gasteiger partial charge in [-0.15, -0.1) is 0 Å². The first-order chi connectivity index (χ1) is 8.89. The van der Waals surface area contributed by atoms with Gasteiger partial charge in [-0.05, 0) is 12.1 Å². The fourth-order valence-corrected chi connectivity index (χ4v) is 2.33. The van der Waals surface area contributed by atoms with Crippen molar-refractivity contribution in [1.29, 1.82) is 0 Å². The predicted octanol–water partition coefficient (Wildman–Crippen LogP) is 1.99.